The first-order valence-electron chi connectivity index (χ1n) is 5.37. The molecule has 0 aliphatic carbocycles. The van der Waals surface area contributed by atoms with E-state index in [1.807, 2.05) is 0 Å². The smallest absolute Gasteiger partial charge is 0.309 e. The van der Waals surface area contributed by atoms with Gasteiger partial charge in [-0.15, -0.1) is 0 Å². The average Bonchev–Trinajstić information content (AvgIpc) is 2.26. The summed E-state index contributed by atoms with van der Waals surface area (Å²) in [5.41, 5.74) is -0.909. The number of pyridine rings is 1. The van der Waals surface area contributed by atoms with Crippen molar-refractivity contribution in [2.24, 2.45) is 11.8 Å². The largest absolute Gasteiger partial charge is 0.334 e. The lowest BCUT2D eigenvalue weighted by molar-refractivity contribution is -0.386. The molecule has 94 valence electrons. The summed E-state index contributed by atoms with van der Waals surface area (Å²) in [7, 11) is 0. The highest BCUT2D eigenvalue weighted by Gasteiger charge is 2.17. The van der Waals surface area contributed by atoms with Crippen molar-refractivity contribution >= 4 is 21.6 Å². The van der Waals surface area contributed by atoms with Crippen LogP contribution in [-0.2, 0) is 6.54 Å². The molecule has 1 heterocycles. The third-order valence-electron chi connectivity index (χ3n) is 2.77. The van der Waals surface area contributed by atoms with Crippen LogP contribution in [0.2, 0.25) is 0 Å². The van der Waals surface area contributed by atoms with Gasteiger partial charge in [-0.1, -0.05) is 29.8 Å². The minimum atomic E-state index is -0.642. The van der Waals surface area contributed by atoms with Gasteiger partial charge in [-0.2, -0.15) is 0 Å². The second kappa shape index (κ2) is 5.95. The molecule has 0 saturated heterocycles. The maximum absolute atomic E-state index is 11.8. The molecule has 17 heavy (non-hydrogen) atoms. The van der Waals surface area contributed by atoms with Gasteiger partial charge in [0.1, 0.15) is 0 Å². The molecule has 0 fully saturated rings. The van der Waals surface area contributed by atoms with Crippen LogP contribution in [0, 0.1) is 22.0 Å². The van der Waals surface area contributed by atoms with E-state index in [0.717, 1.165) is 5.33 Å². The van der Waals surface area contributed by atoms with Crippen LogP contribution < -0.4 is 5.56 Å². The van der Waals surface area contributed by atoms with Crippen molar-refractivity contribution in [3.8, 4) is 0 Å². The fraction of sp³-hybridized carbons (Fsp3) is 0.545. The molecule has 1 unspecified atom stereocenters. The van der Waals surface area contributed by atoms with Crippen LogP contribution in [-0.4, -0.2) is 14.8 Å². The molecule has 5 nitrogen and oxygen atoms in total. The average molecular weight is 303 g/mol. The molecule has 1 rings (SSSR count). The number of rotatable bonds is 5. The molecule has 1 atom stereocenters. The van der Waals surface area contributed by atoms with Gasteiger partial charge in [0.2, 0.25) is 0 Å². The fourth-order valence-corrected chi connectivity index (χ4v) is 2.45. The predicted molar refractivity (Wildman–Crippen MR) is 69.5 cm³/mol. The van der Waals surface area contributed by atoms with E-state index in [4.69, 9.17) is 0 Å². The van der Waals surface area contributed by atoms with Gasteiger partial charge >= 0.3 is 11.2 Å². The first-order chi connectivity index (χ1) is 7.97. The van der Waals surface area contributed by atoms with Crippen molar-refractivity contribution in [2.45, 2.75) is 20.4 Å². The molecule has 0 aliphatic rings. The van der Waals surface area contributed by atoms with Crippen molar-refractivity contribution in [3.05, 3.63) is 38.8 Å². The van der Waals surface area contributed by atoms with E-state index in [1.165, 1.54) is 16.7 Å². The van der Waals surface area contributed by atoms with Gasteiger partial charge in [-0.05, 0) is 17.9 Å². The number of nitro groups is 1. The van der Waals surface area contributed by atoms with E-state index < -0.39 is 10.5 Å². The van der Waals surface area contributed by atoms with Gasteiger partial charge in [0.15, 0.2) is 0 Å². The number of hydrogen-bond acceptors (Lipinski definition) is 3. The van der Waals surface area contributed by atoms with Gasteiger partial charge < -0.3 is 4.57 Å². The summed E-state index contributed by atoms with van der Waals surface area (Å²) >= 11 is 3.40. The van der Waals surface area contributed by atoms with Crippen LogP contribution in [0.15, 0.2) is 23.1 Å². The first kappa shape index (κ1) is 13.9. The Hall–Kier alpha value is -1.17. The van der Waals surface area contributed by atoms with Gasteiger partial charge in [-0.3, -0.25) is 14.9 Å². The molecule has 0 bridgehead atoms. The number of alkyl halides is 1. The highest BCUT2D eigenvalue weighted by molar-refractivity contribution is 9.09. The van der Waals surface area contributed by atoms with Gasteiger partial charge in [0, 0.05) is 24.1 Å². The van der Waals surface area contributed by atoms with Crippen LogP contribution in [0.3, 0.4) is 0 Å². The molecule has 0 spiro atoms. The third kappa shape index (κ3) is 3.39. The summed E-state index contributed by atoms with van der Waals surface area (Å²) in [5.74, 6) is 0.676. The topological polar surface area (TPSA) is 65.1 Å². The highest BCUT2D eigenvalue weighted by atomic mass is 79.9. The van der Waals surface area contributed by atoms with Crippen LogP contribution >= 0.6 is 15.9 Å². The summed E-state index contributed by atoms with van der Waals surface area (Å²) in [5, 5.41) is 11.4. The van der Waals surface area contributed by atoms with E-state index in [0.29, 0.717) is 12.5 Å². The van der Waals surface area contributed by atoms with Crippen LogP contribution in [0.5, 0.6) is 0 Å². The number of halogens is 1. The summed E-state index contributed by atoms with van der Waals surface area (Å²) in [6.07, 6.45) is 1.59. The Labute approximate surface area is 108 Å². The second-order valence-corrected chi connectivity index (χ2v) is 4.91. The minimum absolute atomic E-state index is 0.273. The Kier molecular flexibility index (Phi) is 4.86. The Balaban J connectivity index is 3.04. The Morgan fingerprint density at radius 1 is 1.53 bits per heavy atom. The van der Waals surface area contributed by atoms with E-state index in [2.05, 4.69) is 29.8 Å². The molecule has 0 aliphatic heterocycles. The summed E-state index contributed by atoms with van der Waals surface area (Å²) < 4.78 is 1.41. The van der Waals surface area contributed by atoms with Crippen molar-refractivity contribution in [1.29, 1.82) is 0 Å². The van der Waals surface area contributed by atoms with Gasteiger partial charge in [0.25, 0.3) is 0 Å². The van der Waals surface area contributed by atoms with Crippen molar-refractivity contribution in [1.82, 2.24) is 4.57 Å². The van der Waals surface area contributed by atoms with Gasteiger partial charge in [-0.25, -0.2) is 0 Å². The molecule has 0 amide bonds. The molecule has 0 N–H and O–H groups in total. The molecule has 1 aromatic rings. The maximum atomic E-state index is 11.8. The molecule has 0 saturated carbocycles. The van der Waals surface area contributed by atoms with Crippen molar-refractivity contribution < 1.29 is 4.92 Å². The monoisotopic (exact) mass is 302 g/mol. The fourth-order valence-electron chi connectivity index (χ4n) is 1.50. The number of nitrogens with zero attached hydrogens (tertiary/aromatic N) is 2. The molecular weight excluding hydrogens is 288 g/mol. The normalized spacial score (nSPS) is 12.7. The first-order valence-corrected chi connectivity index (χ1v) is 6.49. The second-order valence-electron chi connectivity index (χ2n) is 4.27. The summed E-state index contributed by atoms with van der Waals surface area (Å²) in [6.45, 7) is 4.62. The lowest BCUT2D eigenvalue weighted by Gasteiger charge is -2.18. The molecule has 0 aromatic carbocycles. The van der Waals surface area contributed by atoms with Crippen LogP contribution in [0.1, 0.15) is 13.8 Å². The zero-order valence-corrected chi connectivity index (χ0v) is 11.4. The summed E-state index contributed by atoms with van der Waals surface area (Å²) in [4.78, 5) is 21.8. The Morgan fingerprint density at radius 3 is 2.65 bits per heavy atom. The SMILES string of the molecule is CC(C)C(CBr)Cn1cccc([N+](=O)[O-])c1=O. The minimum Gasteiger partial charge on any atom is -0.309 e. The molecule has 6 heteroatoms. The predicted octanol–water partition coefficient (Wildman–Crippen LogP) is 2.42. The summed E-state index contributed by atoms with van der Waals surface area (Å²) in [6, 6.07) is 2.77. The molecule has 1 aromatic heterocycles. The molecular formula is C11H15BrN2O3. The van der Waals surface area contributed by atoms with Crippen molar-refractivity contribution in [3.63, 3.8) is 0 Å². The van der Waals surface area contributed by atoms with Crippen LogP contribution in [0.4, 0.5) is 5.69 Å². The standard InChI is InChI=1S/C11H15BrN2O3/c1-8(2)9(6-12)7-13-5-3-4-10(11(13)15)14(16)17/h3-5,8-9H,6-7H2,1-2H3. The zero-order chi connectivity index (χ0) is 13.0. The van der Waals surface area contributed by atoms with Crippen molar-refractivity contribution in [2.75, 3.05) is 5.33 Å². The zero-order valence-electron chi connectivity index (χ0n) is 9.80. The molecule has 0 radical (unpaired) electrons. The maximum Gasteiger partial charge on any atom is 0.334 e. The van der Waals surface area contributed by atoms with Gasteiger partial charge in [0.05, 0.1) is 4.92 Å². The lowest BCUT2D eigenvalue weighted by atomic mass is 9.98. The van der Waals surface area contributed by atoms with E-state index >= 15 is 0 Å². The number of aromatic nitrogens is 1. The van der Waals surface area contributed by atoms with E-state index in [9.17, 15) is 14.9 Å². The Bertz CT molecular complexity index is 456. The van der Waals surface area contributed by atoms with Crippen LogP contribution in [0.25, 0.3) is 0 Å². The lowest BCUT2D eigenvalue weighted by Crippen LogP contribution is -2.27. The number of hydrogen-bond donors (Lipinski definition) is 0. The van der Waals surface area contributed by atoms with E-state index in [-0.39, 0.29) is 11.6 Å². The van der Waals surface area contributed by atoms with E-state index in [1.54, 1.807) is 6.20 Å². The highest BCUT2D eigenvalue weighted by Crippen LogP contribution is 2.15. The Morgan fingerprint density at radius 2 is 2.18 bits per heavy atom. The third-order valence-corrected chi connectivity index (χ3v) is 3.60. The quantitative estimate of drug-likeness (QED) is 0.477.